The van der Waals surface area contributed by atoms with Gasteiger partial charge in [-0.15, -0.1) is 0 Å². The van der Waals surface area contributed by atoms with Crippen LogP contribution in [-0.4, -0.2) is 28.9 Å². The van der Waals surface area contributed by atoms with Gasteiger partial charge in [0.05, 0.1) is 11.4 Å². The van der Waals surface area contributed by atoms with Crippen molar-refractivity contribution in [3.8, 4) is 11.5 Å². The monoisotopic (exact) mass is 351 g/mol. The summed E-state index contributed by atoms with van der Waals surface area (Å²) in [6.45, 7) is 2.87. The third-order valence-corrected chi connectivity index (χ3v) is 3.77. The van der Waals surface area contributed by atoms with Crippen molar-refractivity contribution in [2.45, 2.75) is 6.92 Å². The first-order valence-electron chi connectivity index (χ1n) is 6.46. The molecule has 0 bridgehead atoms. The Kier molecular flexibility index (Phi) is 3.59. The van der Waals surface area contributed by atoms with Crippen LogP contribution in [0.4, 0.5) is 5.69 Å². The SMILES string of the molecule is Cc1cc(C(=O)Nc2cc3c(cc2Br)OCCO3)n(C)n1. The van der Waals surface area contributed by atoms with Crippen LogP contribution in [0.25, 0.3) is 0 Å². The highest BCUT2D eigenvalue weighted by Crippen LogP contribution is 2.38. The topological polar surface area (TPSA) is 65.4 Å². The van der Waals surface area contributed by atoms with Crippen molar-refractivity contribution in [2.24, 2.45) is 7.05 Å². The Morgan fingerprint density at radius 1 is 1.29 bits per heavy atom. The Bertz CT molecular complexity index is 712. The van der Waals surface area contributed by atoms with Gasteiger partial charge in [-0.05, 0) is 28.9 Å². The van der Waals surface area contributed by atoms with E-state index in [0.717, 1.165) is 10.2 Å². The van der Waals surface area contributed by atoms with Crippen LogP contribution >= 0.6 is 15.9 Å². The Balaban J connectivity index is 1.87. The lowest BCUT2D eigenvalue weighted by molar-refractivity contribution is 0.101. The van der Waals surface area contributed by atoms with Gasteiger partial charge in [-0.1, -0.05) is 0 Å². The number of nitrogens with zero attached hydrogens (tertiary/aromatic N) is 2. The summed E-state index contributed by atoms with van der Waals surface area (Å²) >= 11 is 3.43. The summed E-state index contributed by atoms with van der Waals surface area (Å²) in [5, 5.41) is 7.01. The molecule has 6 nitrogen and oxygen atoms in total. The molecule has 1 amide bonds. The predicted molar refractivity (Wildman–Crippen MR) is 81.0 cm³/mol. The highest BCUT2D eigenvalue weighted by molar-refractivity contribution is 9.10. The highest BCUT2D eigenvalue weighted by Gasteiger charge is 2.18. The molecular formula is C14H14BrN3O3. The number of rotatable bonds is 2. The van der Waals surface area contributed by atoms with Crippen molar-refractivity contribution < 1.29 is 14.3 Å². The molecule has 1 aromatic heterocycles. The molecule has 0 saturated heterocycles. The summed E-state index contributed by atoms with van der Waals surface area (Å²) in [6.07, 6.45) is 0. The van der Waals surface area contributed by atoms with Gasteiger partial charge in [0.15, 0.2) is 11.5 Å². The molecule has 0 radical (unpaired) electrons. The molecule has 0 atom stereocenters. The maximum absolute atomic E-state index is 12.3. The first-order valence-corrected chi connectivity index (χ1v) is 7.25. The fourth-order valence-corrected chi connectivity index (χ4v) is 2.59. The number of carbonyl (C=O) groups excluding carboxylic acids is 1. The lowest BCUT2D eigenvalue weighted by atomic mass is 10.2. The summed E-state index contributed by atoms with van der Waals surface area (Å²) in [5.74, 6) is 1.07. The van der Waals surface area contributed by atoms with Crippen LogP contribution < -0.4 is 14.8 Å². The molecule has 0 aliphatic carbocycles. The lowest BCUT2D eigenvalue weighted by Crippen LogP contribution is -2.18. The largest absolute Gasteiger partial charge is 0.486 e. The van der Waals surface area contributed by atoms with Crippen molar-refractivity contribution in [3.63, 3.8) is 0 Å². The standard InChI is InChI=1S/C14H14BrN3O3/c1-8-5-11(18(2)17-8)14(19)16-10-7-13-12(6-9(10)15)20-3-4-21-13/h5-7H,3-4H2,1-2H3,(H,16,19). The zero-order chi connectivity index (χ0) is 15.0. The summed E-state index contributed by atoms with van der Waals surface area (Å²) in [7, 11) is 1.74. The Hall–Kier alpha value is -2.02. The van der Waals surface area contributed by atoms with Gasteiger partial charge in [0.2, 0.25) is 0 Å². The third kappa shape index (κ3) is 2.73. The van der Waals surface area contributed by atoms with Gasteiger partial charge in [-0.2, -0.15) is 5.10 Å². The molecule has 0 saturated carbocycles. The number of benzene rings is 1. The van der Waals surface area contributed by atoms with Gasteiger partial charge < -0.3 is 14.8 Å². The Labute approximate surface area is 130 Å². The molecule has 0 unspecified atom stereocenters. The van der Waals surface area contributed by atoms with Crippen LogP contribution in [0, 0.1) is 6.92 Å². The van der Waals surface area contributed by atoms with E-state index >= 15 is 0 Å². The molecule has 1 aromatic carbocycles. The molecule has 1 aliphatic heterocycles. The molecule has 21 heavy (non-hydrogen) atoms. The van der Waals surface area contributed by atoms with Crippen LogP contribution in [0.5, 0.6) is 11.5 Å². The van der Waals surface area contributed by atoms with Crippen molar-refractivity contribution in [1.82, 2.24) is 9.78 Å². The van der Waals surface area contributed by atoms with E-state index in [1.165, 1.54) is 0 Å². The molecule has 1 aliphatic rings. The highest BCUT2D eigenvalue weighted by atomic mass is 79.9. The van der Waals surface area contributed by atoms with Crippen molar-refractivity contribution in [3.05, 3.63) is 34.1 Å². The summed E-state index contributed by atoms with van der Waals surface area (Å²) in [5.41, 5.74) is 1.92. The third-order valence-electron chi connectivity index (χ3n) is 3.11. The van der Waals surface area contributed by atoms with Crippen LogP contribution in [-0.2, 0) is 7.05 Å². The quantitative estimate of drug-likeness (QED) is 0.902. The molecule has 0 fully saturated rings. The van der Waals surface area contributed by atoms with Crippen LogP contribution in [0.3, 0.4) is 0 Å². The Morgan fingerprint density at radius 3 is 2.57 bits per heavy atom. The van der Waals surface area contributed by atoms with Gasteiger partial charge in [0.25, 0.3) is 5.91 Å². The normalized spacial score (nSPS) is 13.1. The maximum atomic E-state index is 12.3. The minimum atomic E-state index is -0.226. The smallest absolute Gasteiger partial charge is 0.273 e. The molecule has 7 heteroatoms. The van der Waals surface area contributed by atoms with Gasteiger partial charge in [-0.3, -0.25) is 9.48 Å². The van der Waals surface area contributed by atoms with E-state index in [9.17, 15) is 4.79 Å². The lowest BCUT2D eigenvalue weighted by Gasteiger charge is -2.20. The van der Waals surface area contributed by atoms with E-state index in [1.54, 1.807) is 29.9 Å². The van der Waals surface area contributed by atoms with E-state index in [0.29, 0.717) is 36.1 Å². The van der Waals surface area contributed by atoms with E-state index in [4.69, 9.17) is 9.47 Å². The number of hydrogen-bond acceptors (Lipinski definition) is 4. The number of ether oxygens (including phenoxy) is 2. The zero-order valence-corrected chi connectivity index (χ0v) is 13.2. The van der Waals surface area contributed by atoms with E-state index in [1.807, 2.05) is 6.92 Å². The number of aromatic nitrogens is 2. The Morgan fingerprint density at radius 2 is 1.95 bits per heavy atom. The van der Waals surface area contributed by atoms with Crippen LogP contribution in [0.2, 0.25) is 0 Å². The van der Waals surface area contributed by atoms with Gasteiger partial charge in [-0.25, -0.2) is 0 Å². The second-order valence-electron chi connectivity index (χ2n) is 4.72. The second kappa shape index (κ2) is 5.40. The summed E-state index contributed by atoms with van der Waals surface area (Å²) in [4.78, 5) is 12.3. The molecule has 2 aromatic rings. The van der Waals surface area contributed by atoms with Gasteiger partial charge in [0.1, 0.15) is 18.9 Å². The fourth-order valence-electron chi connectivity index (χ4n) is 2.17. The van der Waals surface area contributed by atoms with Gasteiger partial charge >= 0.3 is 0 Å². The first kappa shape index (κ1) is 13.9. The number of carbonyl (C=O) groups is 1. The summed E-state index contributed by atoms with van der Waals surface area (Å²) < 4.78 is 13.3. The first-order chi connectivity index (χ1) is 10.0. The number of halogens is 1. The second-order valence-corrected chi connectivity index (χ2v) is 5.58. The number of fused-ring (bicyclic) bond motifs is 1. The van der Waals surface area contributed by atoms with Crippen LogP contribution in [0.1, 0.15) is 16.2 Å². The van der Waals surface area contributed by atoms with E-state index in [2.05, 4.69) is 26.3 Å². The van der Waals surface area contributed by atoms with Crippen LogP contribution in [0.15, 0.2) is 22.7 Å². The minimum Gasteiger partial charge on any atom is -0.486 e. The number of amides is 1. The van der Waals surface area contributed by atoms with E-state index < -0.39 is 0 Å². The van der Waals surface area contributed by atoms with Gasteiger partial charge in [0, 0.05) is 23.7 Å². The maximum Gasteiger partial charge on any atom is 0.273 e. The fraction of sp³-hybridized carbons (Fsp3) is 0.286. The van der Waals surface area contributed by atoms with Crippen molar-refractivity contribution >= 4 is 27.5 Å². The average molecular weight is 352 g/mol. The number of hydrogen-bond donors (Lipinski definition) is 1. The van der Waals surface area contributed by atoms with Crippen molar-refractivity contribution in [2.75, 3.05) is 18.5 Å². The van der Waals surface area contributed by atoms with Crippen molar-refractivity contribution in [1.29, 1.82) is 0 Å². The minimum absolute atomic E-state index is 0.226. The van der Waals surface area contributed by atoms with E-state index in [-0.39, 0.29) is 5.91 Å². The number of nitrogens with one attached hydrogen (secondary N) is 1. The molecule has 3 rings (SSSR count). The average Bonchev–Trinajstić information content (AvgIpc) is 2.78. The molecule has 110 valence electrons. The molecule has 0 spiro atoms. The number of anilines is 1. The predicted octanol–water partition coefficient (Wildman–Crippen LogP) is 2.51. The summed E-state index contributed by atoms with van der Waals surface area (Å²) in [6, 6.07) is 5.28. The molecule has 2 heterocycles. The number of aryl methyl sites for hydroxylation is 2. The molecule has 1 N–H and O–H groups in total. The zero-order valence-electron chi connectivity index (χ0n) is 11.6. The molecular weight excluding hydrogens is 338 g/mol.